The normalized spacial score (nSPS) is 14.0. The van der Waals surface area contributed by atoms with Crippen molar-refractivity contribution in [1.82, 2.24) is 10.6 Å². The summed E-state index contributed by atoms with van der Waals surface area (Å²) in [7, 11) is 0. The molecule has 0 aromatic heterocycles. The molecule has 3 N–H and O–H groups in total. The molecule has 0 radical (unpaired) electrons. The first-order valence-corrected chi connectivity index (χ1v) is 11.6. The first-order chi connectivity index (χ1) is 15.9. The maximum absolute atomic E-state index is 12.7. The highest BCUT2D eigenvalue weighted by Gasteiger charge is 2.30. The number of ether oxygens (including phenoxy) is 1. The maximum Gasteiger partial charge on any atom is 0.407 e. The van der Waals surface area contributed by atoms with Crippen LogP contribution in [0.4, 0.5) is 4.79 Å². The first-order valence-electron chi connectivity index (χ1n) is 11.6. The van der Waals surface area contributed by atoms with Gasteiger partial charge in [0.1, 0.15) is 12.6 Å². The predicted molar refractivity (Wildman–Crippen MR) is 126 cm³/mol. The third kappa shape index (κ3) is 6.12. The molecule has 2 aromatic carbocycles. The summed E-state index contributed by atoms with van der Waals surface area (Å²) >= 11 is 0. The molecule has 2 amide bonds. The average Bonchev–Trinajstić information content (AvgIpc) is 3.13. The second-order valence-corrected chi connectivity index (χ2v) is 8.38. The summed E-state index contributed by atoms with van der Waals surface area (Å²) in [6, 6.07) is 14.9. The van der Waals surface area contributed by atoms with Crippen LogP contribution in [0, 0.1) is 0 Å². The lowest BCUT2D eigenvalue weighted by molar-refractivity contribution is -0.137. The SMILES string of the molecule is CCCCC(NC(=O)OCC1c2ccccc2-c2ccccc21)C(=O)NC(CC)CC(=O)O. The van der Waals surface area contributed by atoms with E-state index in [0.29, 0.717) is 12.8 Å². The molecule has 1 aliphatic carbocycles. The van der Waals surface area contributed by atoms with Crippen molar-refractivity contribution in [2.24, 2.45) is 0 Å². The van der Waals surface area contributed by atoms with Crippen molar-refractivity contribution >= 4 is 18.0 Å². The number of carboxylic acid groups (broad SMARTS) is 1. The lowest BCUT2D eigenvalue weighted by Crippen LogP contribution is -2.50. The Labute approximate surface area is 194 Å². The minimum Gasteiger partial charge on any atom is -0.481 e. The number of carbonyl (C=O) groups is 3. The number of aliphatic carboxylic acids is 1. The Morgan fingerprint density at radius 2 is 1.58 bits per heavy atom. The van der Waals surface area contributed by atoms with E-state index in [1.807, 2.05) is 50.2 Å². The van der Waals surface area contributed by atoms with E-state index in [9.17, 15) is 14.4 Å². The van der Waals surface area contributed by atoms with Gasteiger partial charge in [0.05, 0.1) is 6.42 Å². The molecule has 2 aromatic rings. The Hall–Kier alpha value is -3.35. The van der Waals surface area contributed by atoms with Crippen LogP contribution < -0.4 is 10.6 Å². The van der Waals surface area contributed by atoms with E-state index in [4.69, 9.17) is 9.84 Å². The molecule has 33 heavy (non-hydrogen) atoms. The monoisotopic (exact) mass is 452 g/mol. The van der Waals surface area contributed by atoms with E-state index >= 15 is 0 Å². The molecule has 0 heterocycles. The molecule has 2 atom stereocenters. The Bertz CT molecular complexity index is 945. The zero-order chi connectivity index (χ0) is 23.8. The van der Waals surface area contributed by atoms with Crippen LogP contribution in [0.3, 0.4) is 0 Å². The Balaban J connectivity index is 1.64. The molecule has 1 aliphatic rings. The van der Waals surface area contributed by atoms with Gasteiger partial charge in [0.25, 0.3) is 0 Å². The van der Waals surface area contributed by atoms with E-state index in [1.54, 1.807) is 0 Å². The van der Waals surface area contributed by atoms with Crippen molar-refractivity contribution in [3.63, 3.8) is 0 Å². The van der Waals surface area contributed by atoms with Gasteiger partial charge in [0.2, 0.25) is 5.91 Å². The third-order valence-corrected chi connectivity index (χ3v) is 6.06. The minimum absolute atomic E-state index is 0.0638. The van der Waals surface area contributed by atoms with E-state index in [-0.39, 0.29) is 24.9 Å². The average molecular weight is 453 g/mol. The van der Waals surface area contributed by atoms with Crippen LogP contribution in [0.15, 0.2) is 48.5 Å². The van der Waals surface area contributed by atoms with E-state index in [2.05, 4.69) is 22.8 Å². The zero-order valence-corrected chi connectivity index (χ0v) is 19.2. The Kier molecular flexibility index (Phi) is 8.46. The molecule has 0 saturated heterocycles. The maximum atomic E-state index is 12.7. The fourth-order valence-electron chi connectivity index (χ4n) is 4.27. The molecule has 176 valence electrons. The Morgan fingerprint density at radius 3 is 2.12 bits per heavy atom. The molecule has 7 nitrogen and oxygen atoms in total. The smallest absolute Gasteiger partial charge is 0.407 e. The molecule has 3 rings (SSSR count). The quantitative estimate of drug-likeness (QED) is 0.467. The summed E-state index contributed by atoms with van der Waals surface area (Å²) in [6.07, 6.45) is 1.74. The second-order valence-electron chi connectivity index (χ2n) is 8.38. The second kappa shape index (κ2) is 11.5. The number of carbonyl (C=O) groups excluding carboxylic acids is 2. The van der Waals surface area contributed by atoms with E-state index in [1.165, 1.54) is 0 Å². The Morgan fingerprint density at radius 1 is 0.970 bits per heavy atom. The molecule has 0 spiro atoms. The molecular weight excluding hydrogens is 420 g/mol. The zero-order valence-electron chi connectivity index (χ0n) is 19.2. The topological polar surface area (TPSA) is 105 Å². The predicted octanol–water partition coefficient (Wildman–Crippen LogP) is 4.45. The highest BCUT2D eigenvalue weighted by atomic mass is 16.5. The number of fused-ring (bicyclic) bond motifs is 3. The first kappa shape index (κ1) is 24.3. The number of unbranched alkanes of at least 4 members (excludes halogenated alkanes) is 1. The van der Waals surface area contributed by atoms with Crippen LogP contribution in [0.2, 0.25) is 0 Å². The summed E-state index contributed by atoms with van der Waals surface area (Å²) in [4.78, 5) is 36.4. The number of benzene rings is 2. The molecule has 7 heteroatoms. The molecule has 0 bridgehead atoms. The summed E-state index contributed by atoms with van der Waals surface area (Å²) in [5.41, 5.74) is 4.52. The number of amides is 2. The van der Waals surface area contributed by atoms with Gasteiger partial charge in [-0.3, -0.25) is 9.59 Å². The summed E-state index contributed by atoms with van der Waals surface area (Å²) in [5.74, 6) is -1.42. The van der Waals surface area contributed by atoms with Gasteiger partial charge in [-0.05, 0) is 35.1 Å². The van der Waals surface area contributed by atoms with Gasteiger partial charge in [-0.25, -0.2) is 4.79 Å². The van der Waals surface area contributed by atoms with Crippen molar-refractivity contribution in [3.8, 4) is 11.1 Å². The van der Waals surface area contributed by atoms with Gasteiger partial charge in [-0.2, -0.15) is 0 Å². The lowest BCUT2D eigenvalue weighted by atomic mass is 9.98. The molecule has 0 fully saturated rings. The van der Waals surface area contributed by atoms with Crippen molar-refractivity contribution < 1.29 is 24.2 Å². The van der Waals surface area contributed by atoms with Gasteiger partial charge in [-0.15, -0.1) is 0 Å². The van der Waals surface area contributed by atoms with Crippen LogP contribution in [0.25, 0.3) is 11.1 Å². The molecular formula is C26H32N2O5. The summed E-state index contributed by atoms with van der Waals surface area (Å²) in [6.45, 7) is 3.98. The van der Waals surface area contributed by atoms with Gasteiger partial charge in [0.15, 0.2) is 0 Å². The summed E-state index contributed by atoms with van der Waals surface area (Å²) in [5, 5.41) is 14.5. The largest absolute Gasteiger partial charge is 0.481 e. The van der Waals surface area contributed by atoms with Gasteiger partial charge >= 0.3 is 12.1 Å². The lowest BCUT2D eigenvalue weighted by Gasteiger charge is -2.22. The van der Waals surface area contributed by atoms with Gasteiger partial charge in [-0.1, -0.05) is 75.2 Å². The van der Waals surface area contributed by atoms with Crippen LogP contribution >= 0.6 is 0 Å². The number of hydrogen-bond donors (Lipinski definition) is 3. The summed E-state index contributed by atoms with van der Waals surface area (Å²) < 4.78 is 5.57. The fraction of sp³-hybridized carbons (Fsp3) is 0.423. The van der Waals surface area contributed by atoms with Crippen LogP contribution in [0.5, 0.6) is 0 Å². The molecule has 0 aliphatic heterocycles. The number of alkyl carbamates (subject to hydrolysis) is 1. The number of carboxylic acids is 1. The minimum atomic E-state index is -0.975. The highest BCUT2D eigenvalue weighted by molar-refractivity contribution is 5.86. The number of rotatable bonds is 11. The highest BCUT2D eigenvalue weighted by Crippen LogP contribution is 2.44. The van der Waals surface area contributed by atoms with Crippen molar-refractivity contribution in [2.45, 2.75) is 64.0 Å². The third-order valence-electron chi connectivity index (χ3n) is 6.06. The van der Waals surface area contributed by atoms with E-state index < -0.39 is 24.1 Å². The molecule has 0 saturated carbocycles. The number of nitrogens with one attached hydrogen (secondary N) is 2. The van der Waals surface area contributed by atoms with Crippen molar-refractivity contribution in [3.05, 3.63) is 59.7 Å². The van der Waals surface area contributed by atoms with Crippen LogP contribution in [0.1, 0.15) is 63.0 Å². The number of hydrogen-bond acceptors (Lipinski definition) is 4. The van der Waals surface area contributed by atoms with Crippen molar-refractivity contribution in [1.29, 1.82) is 0 Å². The van der Waals surface area contributed by atoms with Gasteiger partial charge < -0.3 is 20.5 Å². The molecule has 2 unspecified atom stereocenters. The fourth-order valence-corrected chi connectivity index (χ4v) is 4.27. The van der Waals surface area contributed by atoms with Crippen LogP contribution in [-0.2, 0) is 14.3 Å². The van der Waals surface area contributed by atoms with Crippen molar-refractivity contribution in [2.75, 3.05) is 6.61 Å². The standard InChI is InChI=1S/C26H32N2O5/c1-3-5-14-23(25(31)27-17(4-2)15-24(29)30)28-26(32)33-16-22-20-12-8-6-10-18(20)19-11-7-9-13-21(19)22/h6-13,17,22-23H,3-5,14-16H2,1-2H3,(H,27,31)(H,28,32)(H,29,30). The van der Waals surface area contributed by atoms with Crippen LogP contribution in [-0.4, -0.2) is 41.8 Å². The van der Waals surface area contributed by atoms with Gasteiger partial charge in [0, 0.05) is 12.0 Å². The van der Waals surface area contributed by atoms with E-state index in [0.717, 1.165) is 35.1 Å².